The molecule has 2 aromatic carbocycles. The SMILES string of the molecule is CC(C)(NC(=O)c1ccc2ccccc2c1OCN1C=c2cnoc2=CC1)C(=O)O. The topological polar surface area (TPSA) is 105 Å². The van der Waals surface area contributed by atoms with E-state index in [0.29, 0.717) is 17.7 Å². The van der Waals surface area contributed by atoms with E-state index >= 15 is 0 Å². The molecular formula is C22H21N3O5. The van der Waals surface area contributed by atoms with Crippen LogP contribution in [0.2, 0.25) is 0 Å². The standard InChI is InChI=1S/C22H21N3O5/c1-22(2,21(27)28)24-20(26)17-8-7-14-5-3-4-6-16(14)19(17)29-13-25-10-9-18-15(12-25)11-23-30-18/h3-9,11-12H,10,13H2,1-2H3,(H,24,26)(H,27,28). The highest BCUT2D eigenvalue weighted by atomic mass is 16.5. The Balaban J connectivity index is 1.65. The van der Waals surface area contributed by atoms with Crippen molar-refractivity contribution >= 4 is 34.9 Å². The first-order chi connectivity index (χ1) is 14.3. The molecule has 8 nitrogen and oxygen atoms in total. The van der Waals surface area contributed by atoms with Crippen molar-refractivity contribution in [1.29, 1.82) is 0 Å². The Bertz CT molecular complexity index is 1250. The van der Waals surface area contributed by atoms with Gasteiger partial charge in [0.2, 0.25) is 0 Å². The maximum absolute atomic E-state index is 12.9. The van der Waals surface area contributed by atoms with Gasteiger partial charge in [-0.2, -0.15) is 0 Å². The van der Waals surface area contributed by atoms with Crippen LogP contribution >= 0.6 is 0 Å². The van der Waals surface area contributed by atoms with Gasteiger partial charge in [-0.15, -0.1) is 0 Å². The monoisotopic (exact) mass is 407 g/mol. The third-order valence-electron chi connectivity index (χ3n) is 4.92. The molecular weight excluding hydrogens is 386 g/mol. The smallest absolute Gasteiger partial charge is 0.328 e. The number of fused-ring (bicyclic) bond motifs is 2. The minimum atomic E-state index is -1.42. The van der Waals surface area contributed by atoms with E-state index in [1.165, 1.54) is 13.8 Å². The third kappa shape index (κ3) is 3.71. The van der Waals surface area contributed by atoms with E-state index in [1.54, 1.807) is 12.3 Å². The third-order valence-corrected chi connectivity index (χ3v) is 4.92. The molecule has 1 aromatic heterocycles. The molecule has 3 aromatic rings. The number of aliphatic carboxylic acids is 1. The first kappa shape index (κ1) is 19.5. The van der Waals surface area contributed by atoms with E-state index in [9.17, 15) is 14.7 Å². The van der Waals surface area contributed by atoms with Crippen LogP contribution in [0.4, 0.5) is 0 Å². The second-order valence-corrected chi connectivity index (χ2v) is 7.57. The van der Waals surface area contributed by atoms with E-state index < -0.39 is 17.4 Å². The van der Waals surface area contributed by atoms with Gasteiger partial charge in [0, 0.05) is 18.1 Å². The van der Waals surface area contributed by atoms with Crippen LogP contribution in [0.15, 0.2) is 47.1 Å². The lowest BCUT2D eigenvalue weighted by Gasteiger charge is -2.24. The summed E-state index contributed by atoms with van der Waals surface area (Å²) in [6.45, 7) is 3.63. The summed E-state index contributed by atoms with van der Waals surface area (Å²) in [7, 11) is 0. The van der Waals surface area contributed by atoms with Gasteiger partial charge in [-0.05, 0) is 31.4 Å². The molecule has 0 saturated carbocycles. The quantitative estimate of drug-likeness (QED) is 0.634. The van der Waals surface area contributed by atoms with E-state index in [-0.39, 0.29) is 12.3 Å². The lowest BCUT2D eigenvalue weighted by atomic mass is 10.0. The van der Waals surface area contributed by atoms with Crippen molar-refractivity contribution in [2.75, 3.05) is 13.3 Å². The Morgan fingerprint density at radius 3 is 2.87 bits per heavy atom. The average molecular weight is 407 g/mol. The van der Waals surface area contributed by atoms with Crippen LogP contribution in [0.25, 0.3) is 23.0 Å². The highest BCUT2D eigenvalue weighted by Crippen LogP contribution is 2.30. The molecule has 0 unspecified atom stereocenters. The largest absolute Gasteiger partial charge is 0.480 e. The first-order valence-electron chi connectivity index (χ1n) is 9.42. The molecule has 2 N–H and O–H groups in total. The second-order valence-electron chi connectivity index (χ2n) is 7.57. The molecule has 0 atom stereocenters. The number of aromatic nitrogens is 1. The molecule has 0 saturated heterocycles. The lowest BCUT2D eigenvalue weighted by Crippen LogP contribution is -2.49. The summed E-state index contributed by atoms with van der Waals surface area (Å²) in [6.07, 6.45) is 5.41. The van der Waals surface area contributed by atoms with Gasteiger partial charge in [0.15, 0.2) is 12.1 Å². The summed E-state index contributed by atoms with van der Waals surface area (Å²) in [4.78, 5) is 26.3. The number of ether oxygens (including phenoxy) is 1. The molecule has 1 amide bonds. The van der Waals surface area contributed by atoms with Gasteiger partial charge in [0.05, 0.1) is 17.0 Å². The fourth-order valence-corrected chi connectivity index (χ4v) is 3.18. The summed E-state index contributed by atoms with van der Waals surface area (Å²) >= 11 is 0. The molecule has 4 rings (SSSR count). The fraction of sp³-hybridized carbons (Fsp3) is 0.227. The Morgan fingerprint density at radius 2 is 2.07 bits per heavy atom. The molecule has 2 heterocycles. The van der Waals surface area contributed by atoms with Crippen molar-refractivity contribution in [3.05, 3.63) is 58.8 Å². The maximum Gasteiger partial charge on any atom is 0.328 e. The Labute approximate surface area is 172 Å². The van der Waals surface area contributed by atoms with Crippen LogP contribution in [-0.2, 0) is 4.79 Å². The molecule has 0 bridgehead atoms. The number of carbonyl (C=O) groups is 2. The van der Waals surface area contributed by atoms with Crippen molar-refractivity contribution in [2.45, 2.75) is 19.4 Å². The number of hydrogen-bond acceptors (Lipinski definition) is 6. The number of benzene rings is 2. The van der Waals surface area contributed by atoms with Crippen molar-refractivity contribution in [1.82, 2.24) is 15.4 Å². The molecule has 0 fully saturated rings. The van der Waals surface area contributed by atoms with Crippen LogP contribution in [0.1, 0.15) is 24.2 Å². The number of carboxylic acid groups (broad SMARTS) is 1. The molecule has 8 heteroatoms. The summed E-state index contributed by atoms with van der Waals surface area (Å²) < 4.78 is 11.2. The molecule has 1 aliphatic heterocycles. The molecule has 154 valence electrons. The zero-order chi connectivity index (χ0) is 21.3. The summed E-state index contributed by atoms with van der Waals surface area (Å²) in [5.74, 6) is -1.24. The highest BCUT2D eigenvalue weighted by molar-refractivity contribution is 6.05. The van der Waals surface area contributed by atoms with Crippen LogP contribution in [-0.4, -0.2) is 45.9 Å². The van der Waals surface area contributed by atoms with Gasteiger partial charge in [-0.3, -0.25) is 4.79 Å². The zero-order valence-electron chi connectivity index (χ0n) is 16.6. The van der Waals surface area contributed by atoms with Gasteiger partial charge in [0.25, 0.3) is 5.91 Å². The van der Waals surface area contributed by atoms with Crippen LogP contribution < -0.4 is 20.7 Å². The molecule has 0 radical (unpaired) electrons. The molecule has 0 spiro atoms. The first-order valence-corrected chi connectivity index (χ1v) is 9.42. The van der Waals surface area contributed by atoms with Gasteiger partial charge in [0.1, 0.15) is 11.3 Å². The number of carbonyl (C=O) groups excluding carboxylic acids is 1. The highest BCUT2D eigenvalue weighted by Gasteiger charge is 2.30. The maximum atomic E-state index is 12.9. The van der Waals surface area contributed by atoms with Gasteiger partial charge in [-0.25, -0.2) is 4.79 Å². The Kier molecular flexibility index (Phi) is 4.91. The zero-order valence-corrected chi connectivity index (χ0v) is 16.6. The van der Waals surface area contributed by atoms with Crippen LogP contribution in [0.5, 0.6) is 5.75 Å². The normalized spacial score (nSPS) is 13.2. The van der Waals surface area contributed by atoms with Crippen molar-refractivity contribution in [2.24, 2.45) is 0 Å². The second kappa shape index (κ2) is 7.55. The minimum Gasteiger partial charge on any atom is -0.480 e. The van der Waals surface area contributed by atoms with Crippen molar-refractivity contribution < 1.29 is 24.0 Å². The number of carboxylic acids is 1. The molecule has 1 aliphatic rings. The number of nitrogens with zero attached hydrogens (tertiary/aromatic N) is 2. The summed E-state index contributed by atoms with van der Waals surface area (Å²) in [6, 6.07) is 11.0. The molecule has 30 heavy (non-hydrogen) atoms. The minimum absolute atomic E-state index is 0.192. The predicted octanol–water partition coefficient (Wildman–Crippen LogP) is 1.29. The summed E-state index contributed by atoms with van der Waals surface area (Å²) in [5.41, 5.74) is -0.428. The Morgan fingerprint density at radius 1 is 1.27 bits per heavy atom. The number of hydrogen-bond donors (Lipinski definition) is 2. The number of nitrogens with one attached hydrogen (secondary N) is 1. The molecule has 0 aliphatic carbocycles. The van der Waals surface area contributed by atoms with E-state index in [4.69, 9.17) is 9.26 Å². The fourth-order valence-electron chi connectivity index (χ4n) is 3.18. The van der Waals surface area contributed by atoms with Crippen LogP contribution in [0, 0.1) is 0 Å². The van der Waals surface area contributed by atoms with E-state index in [1.807, 2.05) is 47.5 Å². The van der Waals surface area contributed by atoms with Gasteiger partial charge >= 0.3 is 5.97 Å². The van der Waals surface area contributed by atoms with Gasteiger partial charge in [-0.1, -0.05) is 35.5 Å². The van der Waals surface area contributed by atoms with E-state index in [0.717, 1.165) is 16.0 Å². The van der Waals surface area contributed by atoms with Crippen molar-refractivity contribution in [3.8, 4) is 5.75 Å². The number of rotatable bonds is 6. The number of amides is 1. The average Bonchev–Trinajstić information content (AvgIpc) is 3.19. The lowest BCUT2D eigenvalue weighted by molar-refractivity contribution is -0.143. The Hall–Kier alpha value is -3.81. The predicted molar refractivity (Wildman–Crippen MR) is 110 cm³/mol. The van der Waals surface area contributed by atoms with Crippen LogP contribution in [0.3, 0.4) is 0 Å². The summed E-state index contributed by atoms with van der Waals surface area (Å²) in [5, 5.41) is 18.2. The van der Waals surface area contributed by atoms with Gasteiger partial charge < -0.3 is 24.6 Å². The van der Waals surface area contributed by atoms with E-state index in [2.05, 4.69) is 10.5 Å². The van der Waals surface area contributed by atoms with Crippen molar-refractivity contribution in [3.63, 3.8) is 0 Å².